The van der Waals surface area contributed by atoms with Crippen molar-refractivity contribution in [2.75, 3.05) is 0 Å². The molecular formula is C15H18N2O3. The molecule has 2 N–H and O–H groups in total. The summed E-state index contributed by atoms with van der Waals surface area (Å²) in [7, 11) is 0. The highest BCUT2D eigenvalue weighted by atomic mass is 16.4. The van der Waals surface area contributed by atoms with Crippen LogP contribution in [0, 0.1) is 23.7 Å². The second-order valence-electron chi connectivity index (χ2n) is 5.80. The quantitative estimate of drug-likeness (QED) is 0.871. The number of carboxylic acid groups (broad SMARTS) is 1. The van der Waals surface area contributed by atoms with E-state index in [-0.39, 0.29) is 23.7 Å². The van der Waals surface area contributed by atoms with Crippen LogP contribution in [0.1, 0.15) is 24.8 Å². The van der Waals surface area contributed by atoms with Crippen LogP contribution in [-0.4, -0.2) is 22.0 Å². The van der Waals surface area contributed by atoms with Gasteiger partial charge >= 0.3 is 5.97 Å². The van der Waals surface area contributed by atoms with Gasteiger partial charge in [-0.25, -0.2) is 0 Å². The normalized spacial score (nSPS) is 31.2. The summed E-state index contributed by atoms with van der Waals surface area (Å²) in [6, 6.07) is 3.69. The van der Waals surface area contributed by atoms with Gasteiger partial charge in [-0.15, -0.1) is 0 Å². The third-order valence-corrected chi connectivity index (χ3v) is 4.72. The summed E-state index contributed by atoms with van der Waals surface area (Å²) in [5.74, 6) is -1.34. The van der Waals surface area contributed by atoms with Gasteiger partial charge in [-0.1, -0.05) is 0 Å². The van der Waals surface area contributed by atoms with Gasteiger partial charge in [0.2, 0.25) is 5.91 Å². The predicted molar refractivity (Wildman–Crippen MR) is 71.5 cm³/mol. The van der Waals surface area contributed by atoms with E-state index in [0.29, 0.717) is 6.54 Å². The molecule has 0 spiro atoms. The molecule has 106 valence electrons. The van der Waals surface area contributed by atoms with E-state index in [1.54, 1.807) is 12.4 Å². The molecule has 1 heterocycles. The molecule has 5 heteroatoms. The predicted octanol–water partition coefficient (Wildman–Crippen LogP) is 1.44. The molecule has 2 aliphatic carbocycles. The number of carbonyl (C=O) groups excluding carboxylic acids is 1. The molecule has 1 aromatic heterocycles. The van der Waals surface area contributed by atoms with Crippen molar-refractivity contribution in [1.82, 2.24) is 10.3 Å². The molecule has 0 radical (unpaired) electrons. The minimum absolute atomic E-state index is 0.110. The lowest BCUT2D eigenvalue weighted by atomic mass is 9.78. The molecule has 1 amide bonds. The lowest BCUT2D eigenvalue weighted by Gasteiger charge is -2.27. The van der Waals surface area contributed by atoms with E-state index in [2.05, 4.69) is 10.3 Å². The molecular weight excluding hydrogens is 256 g/mol. The first-order chi connectivity index (χ1) is 9.66. The van der Waals surface area contributed by atoms with Crippen LogP contribution in [0.25, 0.3) is 0 Å². The standard InChI is InChI=1S/C15H18N2O3/c18-14(17-8-9-3-5-16-6-4-9)12-10-1-2-11(7-10)13(12)15(19)20/h3-6,10-13H,1-2,7-8H2,(H,17,18)(H,19,20)/t10-,11-,12-,13+/m0/s1. The van der Waals surface area contributed by atoms with Crippen LogP contribution in [-0.2, 0) is 16.1 Å². The fraction of sp³-hybridized carbons (Fsp3) is 0.533. The van der Waals surface area contributed by atoms with E-state index in [0.717, 1.165) is 24.8 Å². The number of nitrogens with zero attached hydrogens (tertiary/aromatic N) is 1. The number of hydrogen-bond donors (Lipinski definition) is 2. The number of rotatable bonds is 4. The fourth-order valence-corrected chi connectivity index (χ4v) is 3.83. The summed E-state index contributed by atoms with van der Waals surface area (Å²) >= 11 is 0. The number of nitrogens with one attached hydrogen (secondary N) is 1. The van der Waals surface area contributed by atoms with Crippen molar-refractivity contribution in [2.45, 2.75) is 25.8 Å². The van der Waals surface area contributed by atoms with Crippen molar-refractivity contribution >= 4 is 11.9 Å². The molecule has 0 unspecified atom stereocenters. The Morgan fingerprint density at radius 2 is 1.85 bits per heavy atom. The number of hydrogen-bond acceptors (Lipinski definition) is 3. The van der Waals surface area contributed by atoms with E-state index < -0.39 is 11.9 Å². The zero-order chi connectivity index (χ0) is 14.1. The van der Waals surface area contributed by atoms with Crippen LogP contribution in [0.5, 0.6) is 0 Å². The average molecular weight is 274 g/mol. The molecule has 2 fully saturated rings. The second kappa shape index (κ2) is 5.23. The first kappa shape index (κ1) is 13.1. The Bertz CT molecular complexity index is 517. The van der Waals surface area contributed by atoms with Gasteiger partial charge in [0.25, 0.3) is 0 Å². The van der Waals surface area contributed by atoms with Gasteiger partial charge < -0.3 is 10.4 Å². The number of pyridine rings is 1. The number of fused-ring (bicyclic) bond motifs is 2. The Morgan fingerprint density at radius 1 is 1.20 bits per heavy atom. The molecule has 2 bridgehead atoms. The van der Waals surface area contributed by atoms with Crippen molar-refractivity contribution < 1.29 is 14.7 Å². The molecule has 5 nitrogen and oxygen atoms in total. The van der Waals surface area contributed by atoms with E-state index in [9.17, 15) is 14.7 Å². The van der Waals surface area contributed by atoms with E-state index >= 15 is 0 Å². The molecule has 2 saturated carbocycles. The molecule has 20 heavy (non-hydrogen) atoms. The number of carbonyl (C=O) groups is 2. The Labute approximate surface area is 117 Å². The monoisotopic (exact) mass is 274 g/mol. The lowest BCUT2D eigenvalue weighted by molar-refractivity contribution is -0.149. The Morgan fingerprint density at radius 3 is 2.50 bits per heavy atom. The lowest BCUT2D eigenvalue weighted by Crippen LogP contribution is -2.41. The van der Waals surface area contributed by atoms with Crippen molar-refractivity contribution in [3.63, 3.8) is 0 Å². The van der Waals surface area contributed by atoms with Crippen LogP contribution in [0.2, 0.25) is 0 Å². The average Bonchev–Trinajstić information content (AvgIpc) is 3.06. The number of aromatic nitrogens is 1. The summed E-state index contributed by atoms with van der Waals surface area (Å²) in [6.45, 7) is 0.432. The van der Waals surface area contributed by atoms with E-state index in [1.165, 1.54) is 0 Å². The summed E-state index contributed by atoms with van der Waals surface area (Å²) in [5.41, 5.74) is 0.975. The van der Waals surface area contributed by atoms with Crippen molar-refractivity contribution in [2.24, 2.45) is 23.7 Å². The topological polar surface area (TPSA) is 79.3 Å². The van der Waals surface area contributed by atoms with Crippen LogP contribution in [0.15, 0.2) is 24.5 Å². The smallest absolute Gasteiger partial charge is 0.307 e. The second-order valence-corrected chi connectivity index (χ2v) is 5.80. The maximum atomic E-state index is 12.3. The van der Waals surface area contributed by atoms with E-state index in [4.69, 9.17) is 0 Å². The van der Waals surface area contributed by atoms with Crippen LogP contribution >= 0.6 is 0 Å². The summed E-state index contributed by atoms with van der Waals surface area (Å²) in [5, 5.41) is 12.2. The zero-order valence-electron chi connectivity index (χ0n) is 11.2. The van der Waals surface area contributed by atoms with Crippen LogP contribution in [0.3, 0.4) is 0 Å². The van der Waals surface area contributed by atoms with Crippen molar-refractivity contribution in [3.05, 3.63) is 30.1 Å². The third kappa shape index (κ3) is 2.28. The van der Waals surface area contributed by atoms with Gasteiger partial charge in [0.15, 0.2) is 0 Å². The fourth-order valence-electron chi connectivity index (χ4n) is 3.83. The van der Waals surface area contributed by atoms with Crippen LogP contribution in [0.4, 0.5) is 0 Å². The third-order valence-electron chi connectivity index (χ3n) is 4.72. The minimum Gasteiger partial charge on any atom is -0.481 e. The van der Waals surface area contributed by atoms with Gasteiger partial charge in [-0.05, 0) is 48.8 Å². The summed E-state index contributed by atoms with van der Waals surface area (Å²) < 4.78 is 0. The van der Waals surface area contributed by atoms with Gasteiger partial charge in [-0.2, -0.15) is 0 Å². The first-order valence-corrected chi connectivity index (χ1v) is 7.06. The molecule has 0 saturated heterocycles. The molecule has 0 aliphatic heterocycles. The molecule has 1 aromatic rings. The highest BCUT2D eigenvalue weighted by Gasteiger charge is 2.53. The largest absolute Gasteiger partial charge is 0.481 e. The highest BCUT2D eigenvalue weighted by Crippen LogP contribution is 2.52. The molecule has 0 aromatic carbocycles. The minimum atomic E-state index is -0.818. The Balaban J connectivity index is 1.66. The van der Waals surface area contributed by atoms with Crippen molar-refractivity contribution in [1.29, 1.82) is 0 Å². The van der Waals surface area contributed by atoms with Crippen molar-refractivity contribution in [3.8, 4) is 0 Å². The maximum Gasteiger partial charge on any atom is 0.307 e. The number of carboxylic acids is 1. The molecule has 3 rings (SSSR count). The summed E-state index contributed by atoms with van der Waals surface area (Å²) in [4.78, 5) is 27.7. The van der Waals surface area contributed by atoms with E-state index in [1.807, 2.05) is 12.1 Å². The zero-order valence-corrected chi connectivity index (χ0v) is 11.2. The van der Waals surface area contributed by atoms with Gasteiger partial charge in [-0.3, -0.25) is 14.6 Å². The van der Waals surface area contributed by atoms with Gasteiger partial charge in [0.1, 0.15) is 0 Å². The van der Waals surface area contributed by atoms with Crippen LogP contribution < -0.4 is 5.32 Å². The maximum absolute atomic E-state index is 12.3. The first-order valence-electron chi connectivity index (χ1n) is 7.06. The van der Waals surface area contributed by atoms with Gasteiger partial charge in [0, 0.05) is 18.9 Å². The number of aliphatic carboxylic acids is 1. The summed E-state index contributed by atoms with van der Waals surface area (Å²) in [6.07, 6.45) is 6.19. The number of amides is 1. The molecule has 4 atom stereocenters. The van der Waals surface area contributed by atoms with Gasteiger partial charge in [0.05, 0.1) is 11.8 Å². The Hall–Kier alpha value is -1.91. The molecule has 2 aliphatic rings. The highest BCUT2D eigenvalue weighted by molar-refractivity contribution is 5.86. The SMILES string of the molecule is O=C(O)[C@@H]1[C@H]2CC[C@@H](C2)[C@@H]1C(=O)NCc1ccncc1. The Kier molecular flexibility index (Phi) is 3.42.